The van der Waals surface area contributed by atoms with Crippen LogP contribution in [0.1, 0.15) is 30.1 Å². The molecular formula is C11H13Cl2N3O3. The molecule has 1 aromatic rings. The summed E-state index contributed by atoms with van der Waals surface area (Å²) in [4.78, 5) is 29.5. The maximum atomic E-state index is 11.1. The number of rotatable bonds is 7. The maximum absolute atomic E-state index is 11.1. The van der Waals surface area contributed by atoms with E-state index < -0.39 is 0 Å². The molecule has 1 N–H and O–H groups in total. The highest BCUT2D eigenvalue weighted by atomic mass is 35.5. The summed E-state index contributed by atoms with van der Waals surface area (Å²) in [6.07, 6.45) is 1.36. The Kier molecular flexibility index (Phi) is 6.52. The highest BCUT2D eigenvalue weighted by Gasteiger charge is 2.10. The average molecular weight is 306 g/mol. The third kappa shape index (κ3) is 5.00. The van der Waals surface area contributed by atoms with Crippen molar-refractivity contribution in [3.8, 4) is 0 Å². The van der Waals surface area contributed by atoms with Crippen LogP contribution in [0.5, 0.6) is 0 Å². The Morgan fingerprint density at radius 2 is 2.00 bits per heavy atom. The van der Waals surface area contributed by atoms with Gasteiger partial charge in [-0.2, -0.15) is 0 Å². The summed E-state index contributed by atoms with van der Waals surface area (Å²) in [7, 11) is 0. The van der Waals surface area contributed by atoms with Crippen LogP contribution in [0.15, 0.2) is 0 Å². The molecule has 0 bridgehead atoms. The third-order valence-electron chi connectivity index (χ3n) is 2.12. The predicted octanol–water partition coefficient (Wildman–Crippen LogP) is 2.35. The summed E-state index contributed by atoms with van der Waals surface area (Å²) < 4.78 is 4.78. The number of carbonyl (C=O) groups is 2. The van der Waals surface area contributed by atoms with Crippen LogP contribution in [-0.2, 0) is 9.53 Å². The lowest BCUT2D eigenvalue weighted by Gasteiger charge is -2.06. The van der Waals surface area contributed by atoms with E-state index in [0.717, 1.165) is 0 Å². The lowest BCUT2D eigenvalue weighted by atomic mass is 10.3. The molecule has 104 valence electrons. The van der Waals surface area contributed by atoms with Gasteiger partial charge in [0.15, 0.2) is 6.29 Å². The Morgan fingerprint density at radius 3 is 2.53 bits per heavy atom. The molecule has 0 aromatic carbocycles. The van der Waals surface area contributed by atoms with Crippen molar-refractivity contribution in [2.45, 2.75) is 19.8 Å². The average Bonchev–Trinajstić information content (AvgIpc) is 2.35. The van der Waals surface area contributed by atoms with Gasteiger partial charge in [0.1, 0.15) is 10.3 Å². The summed E-state index contributed by atoms with van der Waals surface area (Å²) in [5.74, 6) is -0.0398. The SMILES string of the molecule is CCOC(=O)CCCNc1nc(Cl)c(C=O)c(Cl)n1. The quantitative estimate of drug-likeness (QED) is 0.360. The second kappa shape index (κ2) is 7.91. The number of anilines is 1. The molecule has 0 spiro atoms. The van der Waals surface area contributed by atoms with Crippen LogP contribution in [0.2, 0.25) is 10.3 Å². The molecule has 6 nitrogen and oxygen atoms in total. The predicted molar refractivity (Wildman–Crippen MR) is 71.8 cm³/mol. The lowest BCUT2D eigenvalue weighted by molar-refractivity contribution is -0.143. The van der Waals surface area contributed by atoms with E-state index in [2.05, 4.69) is 15.3 Å². The summed E-state index contributed by atoms with van der Waals surface area (Å²) in [6, 6.07) is 0. The second-order valence-corrected chi connectivity index (χ2v) is 4.21. The van der Waals surface area contributed by atoms with Gasteiger partial charge in [-0.25, -0.2) is 9.97 Å². The van der Waals surface area contributed by atoms with Crippen LogP contribution >= 0.6 is 23.2 Å². The van der Waals surface area contributed by atoms with Gasteiger partial charge in [0, 0.05) is 13.0 Å². The molecule has 0 aliphatic rings. The Labute approximate surface area is 120 Å². The molecule has 0 saturated heterocycles. The molecule has 0 unspecified atom stereocenters. The molecule has 1 rings (SSSR count). The smallest absolute Gasteiger partial charge is 0.305 e. The minimum atomic E-state index is -0.252. The summed E-state index contributed by atoms with van der Waals surface area (Å²) in [6.45, 7) is 2.59. The number of hydrogen-bond donors (Lipinski definition) is 1. The number of nitrogens with one attached hydrogen (secondary N) is 1. The van der Waals surface area contributed by atoms with Crippen molar-refractivity contribution >= 4 is 41.4 Å². The van der Waals surface area contributed by atoms with Crippen LogP contribution in [-0.4, -0.2) is 35.4 Å². The first-order chi connectivity index (χ1) is 9.08. The first kappa shape index (κ1) is 15.7. The number of halogens is 2. The Bertz CT molecular complexity index is 445. The third-order valence-corrected chi connectivity index (χ3v) is 2.69. The molecule has 0 atom stereocenters. The van der Waals surface area contributed by atoms with E-state index in [1.165, 1.54) is 0 Å². The van der Waals surface area contributed by atoms with Crippen molar-refractivity contribution in [3.63, 3.8) is 0 Å². The van der Waals surface area contributed by atoms with E-state index in [4.69, 9.17) is 27.9 Å². The van der Waals surface area contributed by atoms with Crippen LogP contribution in [0.25, 0.3) is 0 Å². The lowest BCUT2D eigenvalue weighted by Crippen LogP contribution is -2.10. The van der Waals surface area contributed by atoms with Crippen molar-refractivity contribution in [1.29, 1.82) is 0 Å². The highest BCUT2D eigenvalue weighted by Crippen LogP contribution is 2.20. The van der Waals surface area contributed by atoms with Crippen LogP contribution in [0.3, 0.4) is 0 Å². The number of aromatic nitrogens is 2. The first-order valence-electron chi connectivity index (χ1n) is 5.66. The highest BCUT2D eigenvalue weighted by molar-refractivity contribution is 6.37. The van der Waals surface area contributed by atoms with E-state index in [1.54, 1.807) is 6.92 Å². The number of esters is 1. The van der Waals surface area contributed by atoms with E-state index >= 15 is 0 Å². The number of hydrogen-bond acceptors (Lipinski definition) is 6. The molecule has 1 aromatic heterocycles. The van der Waals surface area contributed by atoms with Gasteiger partial charge >= 0.3 is 5.97 Å². The molecule has 1 heterocycles. The fourth-order valence-electron chi connectivity index (χ4n) is 1.26. The molecule has 0 fully saturated rings. The molecule has 0 aliphatic carbocycles. The van der Waals surface area contributed by atoms with Crippen molar-refractivity contribution < 1.29 is 14.3 Å². The topological polar surface area (TPSA) is 81.2 Å². The van der Waals surface area contributed by atoms with Gasteiger partial charge in [0.2, 0.25) is 5.95 Å². The fourth-order valence-corrected chi connectivity index (χ4v) is 1.74. The van der Waals surface area contributed by atoms with Crippen molar-refractivity contribution in [1.82, 2.24) is 9.97 Å². The van der Waals surface area contributed by atoms with Gasteiger partial charge < -0.3 is 10.1 Å². The maximum Gasteiger partial charge on any atom is 0.305 e. The zero-order valence-corrected chi connectivity index (χ0v) is 11.8. The largest absolute Gasteiger partial charge is 0.466 e. The van der Waals surface area contributed by atoms with Gasteiger partial charge in [-0.3, -0.25) is 9.59 Å². The van der Waals surface area contributed by atoms with E-state index in [9.17, 15) is 9.59 Å². The zero-order valence-electron chi connectivity index (χ0n) is 10.3. The van der Waals surface area contributed by atoms with Crippen molar-refractivity contribution in [3.05, 3.63) is 15.9 Å². The Balaban J connectivity index is 2.46. The van der Waals surface area contributed by atoms with Crippen molar-refractivity contribution in [2.24, 2.45) is 0 Å². The number of aldehydes is 1. The first-order valence-corrected chi connectivity index (χ1v) is 6.41. The summed E-state index contributed by atoms with van der Waals surface area (Å²) >= 11 is 11.5. The second-order valence-electron chi connectivity index (χ2n) is 3.50. The van der Waals surface area contributed by atoms with Crippen LogP contribution < -0.4 is 5.32 Å². The van der Waals surface area contributed by atoms with Gasteiger partial charge in [-0.05, 0) is 13.3 Å². The van der Waals surface area contributed by atoms with E-state index in [1.807, 2.05) is 0 Å². The molecular weight excluding hydrogens is 293 g/mol. The normalized spacial score (nSPS) is 10.1. The van der Waals surface area contributed by atoms with Crippen molar-refractivity contribution in [2.75, 3.05) is 18.5 Å². The molecule has 19 heavy (non-hydrogen) atoms. The molecule has 0 aliphatic heterocycles. The number of ether oxygens (including phenoxy) is 1. The Morgan fingerprint density at radius 1 is 1.37 bits per heavy atom. The number of carbonyl (C=O) groups excluding carboxylic acids is 2. The van der Waals surface area contributed by atoms with Gasteiger partial charge in [-0.15, -0.1) is 0 Å². The monoisotopic (exact) mass is 305 g/mol. The standard InChI is InChI=1S/C11H13Cl2N3O3/c1-2-19-8(18)4-3-5-14-11-15-9(12)7(6-17)10(13)16-11/h6H,2-5H2,1H3,(H,14,15,16). The zero-order chi connectivity index (χ0) is 14.3. The van der Waals surface area contributed by atoms with Crippen LogP contribution in [0, 0.1) is 0 Å². The fraction of sp³-hybridized carbons (Fsp3) is 0.455. The van der Waals surface area contributed by atoms with E-state index in [0.29, 0.717) is 32.3 Å². The molecule has 8 heteroatoms. The molecule has 0 amide bonds. The van der Waals surface area contributed by atoms with Gasteiger partial charge in [-0.1, -0.05) is 23.2 Å². The molecule has 0 radical (unpaired) electrons. The summed E-state index contributed by atoms with van der Waals surface area (Å²) in [5, 5.41) is 2.84. The Hall–Kier alpha value is -1.40. The summed E-state index contributed by atoms with van der Waals surface area (Å²) in [5.41, 5.74) is 0.0559. The minimum absolute atomic E-state index is 0.0112. The minimum Gasteiger partial charge on any atom is -0.466 e. The number of nitrogens with zero attached hydrogens (tertiary/aromatic N) is 2. The van der Waals surface area contributed by atoms with Gasteiger partial charge in [0.05, 0.1) is 12.2 Å². The molecule has 0 saturated carbocycles. The van der Waals surface area contributed by atoms with E-state index in [-0.39, 0.29) is 27.8 Å². The van der Waals surface area contributed by atoms with Crippen LogP contribution in [0.4, 0.5) is 5.95 Å². The van der Waals surface area contributed by atoms with Gasteiger partial charge in [0.25, 0.3) is 0 Å².